The molecule has 0 unspecified atom stereocenters. The third kappa shape index (κ3) is 3.86. The normalized spacial score (nSPS) is 14.8. The number of aryl methyl sites for hydroxylation is 1. The van der Waals surface area contributed by atoms with Crippen LogP contribution in [0.25, 0.3) is 27.6 Å². The molecule has 0 bridgehead atoms. The Labute approximate surface area is 199 Å². The number of ketones is 1. The van der Waals surface area contributed by atoms with Crippen LogP contribution >= 0.6 is 0 Å². The van der Waals surface area contributed by atoms with Gasteiger partial charge < -0.3 is 20.4 Å². The van der Waals surface area contributed by atoms with Gasteiger partial charge in [-0.2, -0.15) is 5.10 Å². The van der Waals surface area contributed by atoms with E-state index in [2.05, 4.69) is 25.0 Å². The maximum absolute atomic E-state index is 14.8. The summed E-state index contributed by atoms with van der Waals surface area (Å²) in [6.07, 6.45) is 1.45. The van der Waals surface area contributed by atoms with Crippen molar-refractivity contribution in [2.75, 3.05) is 32.0 Å². The van der Waals surface area contributed by atoms with Gasteiger partial charge in [0.1, 0.15) is 17.5 Å². The molecule has 0 radical (unpaired) electrons. The third-order valence-corrected chi connectivity index (χ3v) is 6.41. The number of aromatic nitrogens is 5. The maximum Gasteiger partial charge on any atom is 0.214 e. The first kappa shape index (κ1) is 21.5. The lowest BCUT2D eigenvalue weighted by Crippen LogP contribution is -2.35. The molecule has 4 N–H and O–H groups in total. The first-order valence-electron chi connectivity index (χ1n) is 11.4. The van der Waals surface area contributed by atoms with E-state index in [4.69, 9.17) is 10.5 Å². The van der Waals surface area contributed by atoms with Crippen molar-refractivity contribution in [3.63, 3.8) is 0 Å². The number of rotatable bonds is 5. The maximum atomic E-state index is 14.8. The number of nitrogens with two attached hydrogens (primary N) is 1. The van der Waals surface area contributed by atoms with Crippen LogP contribution in [0.1, 0.15) is 27.4 Å². The van der Waals surface area contributed by atoms with Crippen molar-refractivity contribution in [3.05, 3.63) is 71.1 Å². The van der Waals surface area contributed by atoms with Crippen LogP contribution in [0.2, 0.25) is 0 Å². The van der Waals surface area contributed by atoms with E-state index in [1.54, 1.807) is 12.1 Å². The van der Waals surface area contributed by atoms with Crippen molar-refractivity contribution >= 4 is 33.5 Å². The highest BCUT2D eigenvalue weighted by molar-refractivity contribution is 6.12. The lowest BCUT2D eigenvalue weighted by atomic mass is 10.1. The second kappa shape index (κ2) is 8.33. The highest BCUT2D eigenvalue weighted by Gasteiger charge is 2.21. The quantitative estimate of drug-likeness (QED) is 0.337. The first-order valence-corrected chi connectivity index (χ1v) is 11.4. The zero-order chi connectivity index (χ0) is 24.1. The molecule has 1 saturated heterocycles. The molecule has 6 rings (SSSR count). The first-order chi connectivity index (χ1) is 17.0. The zero-order valence-corrected chi connectivity index (χ0v) is 19.1. The Morgan fingerprint density at radius 1 is 1.14 bits per heavy atom. The number of halogens is 1. The van der Waals surface area contributed by atoms with Gasteiger partial charge in [-0.15, -0.1) is 0 Å². The van der Waals surface area contributed by atoms with Gasteiger partial charge in [0.15, 0.2) is 0 Å². The molecule has 5 aromatic rings. The molecule has 1 aliphatic heterocycles. The van der Waals surface area contributed by atoms with Gasteiger partial charge in [-0.05, 0) is 43.3 Å². The minimum atomic E-state index is -0.307. The van der Waals surface area contributed by atoms with Crippen molar-refractivity contribution in [1.29, 1.82) is 0 Å². The molecule has 1 aliphatic rings. The molecule has 4 heterocycles. The van der Waals surface area contributed by atoms with Crippen LogP contribution in [0.5, 0.6) is 0 Å². The van der Waals surface area contributed by atoms with Crippen LogP contribution in [-0.2, 0) is 11.3 Å². The second-order valence-electron chi connectivity index (χ2n) is 8.81. The largest absolute Gasteiger partial charge is 0.383 e. The number of morpholine rings is 1. The van der Waals surface area contributed by atoms with Gasteiger partial charge in [-0.25, -0.2) is 14.1 Å². The number of nitrogens with zero attached hydrogens (tertiary/aromatic N) is 4. The lowest BCUT2D eigenvalue weighted by Gasteiger charge is -2.26. The summed E-state index contributed by atoms with van der Waals surface area (Å²) >= 11 is 0. The van der Waals surface area contributed by atoms with Crippen LogP contribution in [0.3, 0.4) is 0 Å². The molecule has 0 aliphatic carbocycles. The molecule has 178 valence electrons. The summed E-state index contributed by atoms with van der Waals surface area (Å²) in [5.41, 5.74) is 10.6. The number of nitrogen functional groups attached to an aromatic ring is 1. The highest BCUT2D eigenvalue weighted by atomic mass is 19.1. The van der Waals surface area contributed by atoms with Gasteiger partial charge in [-0.1, -0.05) is 0 Å². The van der Waals surface area contributed by atoms with E-state index in [0.29, 0.717) is 47.6 Å². The van der Waals surface area contributed by atoms with E-state index in [1.165, 1.54) is 16.9 Å². The van der Waals surface area contributed by atoms with E-state index >= 15 is 0 Å². The van der Waals surface area contributed by atoms with Gasteiger partial charge in [0, 0.05) is 36.1 Å². The van der Waals surface area contributed by atoms with Gasteiger partial charge in [-0.3, -0.25) is 9.69 Å². The van der Waals surface area contributed by atoms with E-state index in [-0.39, 0.29) is 23.0 Å². The van der Waals surface area contributed by atoms with Crippen LogP contribution in [0.15, 0.2) is 42.6 Å². The Hall–Kier alpha value is -4.02. The number of H-pyrrole nitrogens is 2. The molecule has 0 spiro atoms. The van der Waals surface area contributed by atoms with Crippen molar-refractivity contribution < 1.29 is 13.9 Å². The fourth-order valence-corrected chi connectivity index (χ4v) is 4.58. The summed E-state index contributed by atoms with van der Waals surface area (Å²) < 4.78 is 21.7. The minimum absolute atomic E-state index is 0.225. The molecule has 0 amide bonds. The number of fused-ring (bicyclic) bond motifs is 2. The molecular formula is C25H24FN7O2. The second-order valence-corrected chi connectivity index (χ2v) is 8.81. The van der Waals surface area contributed by atoms with Crippen LogP contribution < -0.4 is 5.73 Å². The molecule has 35 heavy (non-hydrogen) atoms. The summed E-state index contributed by atoms with van der Waals surface area (Å²) in [5.74, 6) is 0.436. The average Bonchev–Trinajstić information content (AvgIpc) is 3.54. The molecule has 0 saturated carbocycles. The summed E-state index contributed by atoms with van der Waals surface area (Å²) in [6, 6.07) is 10.5. The summed E-state index contributed by atoms with van der Waals surface area (Å²) in [4.78, 5) is 26.2. The fraction of sp³-hybridized carbons (Fsp3) is 0.240. The lowest BCUT2D eigenvalue weighted by molar-refractivity contribution is 0.0337. The number of hydrogen-bond acceptors (Lipinski definition) is 6. The summed E-state index contributed by atoms with van der Waals surface area (Å²) in [5, 5.41) is 4.97. The summed E-state index contributed by atoms with van der Waals surface area (Å²) in [7, 11) is 0. The predicted molar refractivity (Wildman–Crippen MR) is 130 cm³/mol. The van der Waals surface area contributed by atoms with Crippen LogP contribution in [-0.4, -0.2) is 61.7 Å². The molecule has 0 atom stereocenters. The third-order valence-electron chi connectivity index (χ3n) is 6.41. The Morgan fingerprint density at radius 2 is 1.97 bits per heavy atom. The zero-order valence-electron chi connectivity index (χ0n) is 19.1. The number of carbonyl (C=O) groups excluding carboxylic acids is 1. The van der Waals surface area contributed by atoms with E-state index in [9.17, 15) is 9.18 Å². The molecular weight excluding hydrogens is 449 g/mol. The number of anilines is 1. The minimum Gasteiger partial charge on any atom is -0.383 e. The number of benzene rings is 2. The van der Waals surface area contributed by atoms with Crippen molar-refractivity contribution in [1.82, 2.24) is 29.6 Å². The SMILES string of the molecule is Cc1nc2ccc(-n3ncc(C(=O)c4cc5cc(F)c(CN6CCOCC6)cc5[nH]4)c3N)cc2[nH]1. The van der Waals surface area contributed by atoms with E-state index < -0.39 is 0 Å². The molecule has 2 aromatic carbocycles. The molecule has 1 fully saturated rings. The fourth-order valence-electron chi connectivity index (χ4n) is 4.58. The van der Waals surface area contributed by atoms with Gasteiger partial charge in [0.05, 0.1) is 47.4 Å². The Kier molecular flexibility index (Phi) is 5.12. The van der Waals surface area contributed by atoms with E-state index in [0.717, 1.165) is 29.9 Å². The van der Waals surface area contributed by atoms with Gasteiger partial charge in [0.25, 0.3) is 0 Å². The number of hydrogen-bond donors (Lipinski definition) is 3. The number of ether oxygens (including phenoxy) is 1. The summed E-state index contributed by atoms with van der Waals surface area (Å²) in [6.45, 7) is 5.21. The monoisotopic (exact) mass is 473 g/mol. The van der Waals surface area contributed by atoms with E-state index in [1.807, 2.05) is 25.1 Å². The molecule has 3 aromatic heterocycles. The number of aromatic amines is 2. The topological polar surface area (TPSA) is 118 Å². The molecule has 9 nitrogen and oxygen atoms in total. The molecule has 10 heteroatoms. The Bertz CT molecular complexity index is 1580. The standard InChI is InChI=1S/C25H24FN7O2/c1-14-29-20-3-2-17(11-22(20)30-14)33-25(27)18(12-28-33)24(34)23-9-15-8-19(26)16(10-21(15)31-23)13-32-4-6-35-7-5-32/h2-3,8-12,31H,4-7,13,27H2,1H3,(H,29,30). The highest BCUT2D eigenvalue weighted by Crippen LogP contribution is 2.26. The van der Waals surface area contributed by atoms with Crippen molar-refractivity contribution in [2.45, 2.75) is 13.5 Å². The number of carbonyl (C=O) groups is 1. The predicted octanol–water partition coefficient (Wildman–Crippen LogP) is 3.32. The smallest absolute Gasteiger partial charge is 0.214 e. The van der Waals surface area contributed by atoms with Gasteiger partial charge >= 0.3 is 0 Å². The van der Waals surface area contributed by atoms with Crippen molar-refractivity contribution in [2.24, 2.45) is 0 Å². The van der Waals surface area contributed by atoms with Crippen LogP contribution in [0.4, 0.5) is 10.2 Å². The van der Waals surface area contributed by atoms with Crippen molar-refractivity contribution in [3.8, 4) is 5.69 Å². The number of imidazole rings is 1. The van der Waals surface area contributed by atoms with Crippen LogP contribution in [0, 0.1) is 12.7 Å². The number of nitrogens with one attached hydrogen (secondary N) is 2. The Morgan fingerprint density at radius 3 is 2.80 bits per heavy atom. The average molecular weight is 474 g/mol. The Balaban J connectivity index is 1.30. The van der Waals surface area contributed by atoms with Gasteiger partial charge in [0.2, 0.25) is 5.78 Å².